The average molecular weight is 300 g/mol. The van der Waals surface area contributed by atoms with Gasteiger partial charge in [-0.3, -0.25) is 4.79 Å². The number of aryl methyl sites for hydroxylation is 1. The number of carbonyl (C=O) groups excluding carboxylic acids is 1. The van der Waals surface area contributed by atoms with Crippen LogP contribution in [0.4, 0.5) is 4.39 Å². The molecule has 5 nitrogen and oxygen atoms in total. The van der Waals surface area contributed by atoms with E-state index in [1.165, 1.54) is 19.1 Å². The summed E-state index contributed by atoms with van der Waals surface area (Å²) in [5.41, 5.74) is 0.344. The van der Waals surface area contributed by atoms with Crippen molar-refractivity contribution in [2.24, 2.45) is 0 Å². The van der Waals surface area contributed by atoms with E-state index in [1.54, 1.807) is 11.9 Å². The van der Waals surface area contributed by atoms with Gasteiger partial charge in [-0.25, -0.2) is 17.5 Å². The van der Waals surface area contributed by atoms with Crippen LogP contribution >= 0.6 is 0 Å². The Morgan fingerprint density at radius 1 is 1.40 bits per heavy atom. The summed E-state index contributed by atoms with van der Waals surface area (Å²) < 4.78 is 40.7. The normalized spacial score (nSPS) is 20.2. The third-order valence-electron chi connectivity index (χ3n) is 3.41. The predicted molar refractivity (Wildman–Crippen MR) is 72.1 cm³/mol. The van der Waals surface area contributed by atoms with E-state index in [2.05, 4.69) is 4.72 Å². The van der Waals surface area contributed by atoms with E-state index >= 15 is 0 Å². The highest BCUT2D eigenvalue weighted by Crippen LogP contribution is 2.20. The van der Waals surface area contributed by atoms with Crippen molar-refractivity contribution in [2.75, 3.05) is 13.6 Å². The number of halogens is 1. The summed E-state index contributed by atoms with van der Waals surface area (Å²) >= 11 is 0. The molecule has 110 valence electrons. The number of amides is 1. The van der Waals surface area contributed by atoms with Crippen molar-refractivity contribution in [1.29, 1.82) is 0 Å². The van der Waals surface area contributed by atoms with Crippen LogP contribution < -0.4 is 4.72 Å². The van der Waals surface area contributed by atoms with Crippen LogP contribution in [0.3, 0.4) is 0 Å². The van der Waals surface area contributed by atoms with Gasteiger partial charge in [0.25, 0.3) is 0 Å². The quantitative estimate of drug-likeness (QED) is 0.907. The Bertz CT molecular complexity index is 610. The number of piperidine rings is 1. The molecule has 1 saturated heterocycles. The van der Waals surface area contributed by atoms with E-state index < -0.39 is 21.9 Å². The Morgan fingerprint density at radius 3 is 2.70 bits per heavy atom. The van der Waals surface area contributed by atoms with Gasteiger partial charge in [-0.1, -0.05) is 12.1 Å². The fourth-order valence-electron chi connectivity index (χ4n) is 2.28. The van der Waals surface area contributed by atoms with E-state index in [0.29, 0.717) is 18.5 Å². The maximum Gasteiger partial charge on any atom is 0.244 e. The van der Waals surface area contributed by atoms with Gasteiger partial charge in [0, 0.05) is 26.1 Å². The molecule has 0 bridgehead atoms. The Hall–Kier alpha value is -1.47. The van der Waals surface area contributed by atoms with Crippen LogP contribution in [0.2, 0.25) is 0 Å². The highest BCUT2D eigenvalue weighted by molar-refractivity contribution is 7.89. The molecule has 1 heterocycles. The molecule has 1 fully saturated rings. The van der Waals surface area contributed by atoms with Crippen molar-refractivity contribution in [3.63, 3.8) is 0 Å². The summed E-state index contributed by atoms with van der Waals surface area (Å²) in [7, 11) is -2.28. The zero-order valence-corrected chi connectivity index (χ0v) is 12.2. The second-order valence-electron chi connectivity index (χ2n) is 5.01. The average Bonchev–Trinajstić information content (AvgIpc) is 2.33. The van der Waals surface area contributed by atoms with Crippen LogP contribution in [0.5, 0.6) is 0 Å². The van der Waals surface area contributed by atoms with Gasteiger partial charge in [-0.2, -0.15) is 0 Å². The summed E-state index contributed by atoms with van der Waals surface area (Å²) in [6.45, 7) is 2.03. The lowest BCUT2D eigenvalue weighted by Gasteiger charge is -2.29. The molecular weight excluding hydrogens is 283 g/mol. The summed E-state index contributed by atoms with van der Waals surface area (Å²) in [4.78, 5) is 12.8. The number of likely N-dealkylation sites (tertiary alicyclic amines) is 1. The standard InChI is InChI=1S/C13H17FN2O3S/c1-9-4-3-5-11(14)13(9)20(18,19)15-10-6-7-16(2)12(17)8-10/h3-5,10,15H,6-8H2,1-2H3/t10-/m1/s1. The molecule has 0 aromatic heterocycles. The van der Waals surface area contributed by atoms with E-state index in [-0.39, 0.29) is 17.2 Å². The van der Waals surface area contributed by atoms with Crippen LogP contribution in [0.1, 0.15) is 18.4 Å². The van der Waals surface area contributed by atoms with Crippen LogP contribution in [0, 0.1) is 12.7 Å². The number of rotatable bonds is 3. The summed E-state index contributed by atoms with van der Waals surface area (Å²) in [6, 6.07) is 3.63. The van der Waals surface area contributed by atoms with E-state index in [4.69, 9.17) is 0 Å². The lowest BCUT2D eigenvalue weighted by Crippen LogP contribution is -2.46. The van der Waals surface area contributed by atoms with Gasteiger partial charge in [0.15, 0.2) is 0 Å². The molecule has 0 spiro atoms. The summed E-state index contributed by atoms with van der Waals surface area (Å²) in [6.07, 6.45) is 0.623. The van der Waals surface area contributed by atoms with Crippen LogP contribution in [-0.4, -0.2) is 38.9 Å². The number of carbonyl (C=O) groups is 1. The van der Waals surface area contributed by atoms with Crippen LogP contribution in [0.15, 0.2) is 23.1 Å². The highest BCUT2D eigenvalue weighted by Gasteiger charge is 2.29. The zero-order chi connectivity index (χ0) is 14.9. The minimum atomic E-state index is -3.96. The predicted octanol–water partition coefficient (Wildman–Crippen LogP) is 1.03. The topological polar surface area (TPSA) is 66.5 Å². The Balaban J connectivity index is 2.22. The summed E-state index contributed by atoms with van der Waals surface area (Å²) in [5.74, 6) is -0.897. The van der Waals surface area contributed by atoms with E-state index in [9.17, 15) is 17.6 Å². The minimum Gasteiger partial charge on any atom is -0.346 e. The van der Waals surface area contributed by atoms with Gasteiger partial charge in [-0.05, 0) is 25.0 Å². The van der Waals surface area contributed by atoms with Crippen LogP contribution in [-0.2, 0) is 14.8 Å². The van der Waals surface area contributed by atoms with Gasteiger partial charge < -0.3 is 4.90 Å². The van der Waals surface area contributed by atoms with Gasteiger partial charge in [0.1, 0.15) is 10.7 Å². The molecular formula is C13H17FN2O3S. The van der Waals surface area contributed by atoms with Gasteiger partial charge in [0.05, 0.1) is 0 Å². The number of sulfonamides is 1. The largest absolute Gasteiger partial charge is 0.346 e. The monoisotopic (exact) mass is 300 g/mol. The first kappa shape index (κ1) is 14.9. The molecule has 1 N–H and O–H groups in total. The number of hydrogen-bond acceptors (Lipinski definition) is 3. The van der Waals surface area contributed by atoms with Crippen LogP contribution in [0.25, 0.3) is 0 Å². The minimum absolute atomic E-state index is 0.100. The zero-order valence-electron chi connectivity index (χ0n) is 11.4. The fourth-order valence-corrected chi connectivity index (χ4v) is 3.85. The fraction of sp³-hybridized carbons (Fsp3) is 0.462. The molecule has 0 radical (unpaired) electrons. The first-order valence-electron chi connectivity index (χ1n) is 6.32. The molecule has 1 amide bonds. The molecule has 7 heteroatoms. The van der Waals surface area contributed by atoms with Crippen molar-refractivity contribution in [2.45, 2.75) is 30.7 Å². The smallest absolute Gasteiger partial charge is 0.244 e. The number of nitrogens with zero attached hydrogens (tertiary/aromatic N) is 1. The van der Waals surface area contributed by atoms with Gasteiger partial charge >= 0.3 is 0 Å². The lowest BCUT2D eigenvalue weighted by molar-refractivity contribution is -0.132. The lowest BCUT2D eigenvalue weighted by atomic mass is 10.1. The third-order valence-corrected chi connectivity index (χ3v) is 5.11. The van der Waals surface area contributed by atoms with Crippen molar-refractivity contribution in [1.82, 2.24) is 9.62 Å². The Morgan fingerprint density at radius 2 is 2.10 bits per heavy atom. The molecule has 1 aliphatic rings. The maximum atomic E-state index is 13.7. The molecule has 1 atom stereocenters. The number of benzene rings is 1. The molecule has 20 heavy (non-hydrogen) atoms. The molecule has 1 aromatic carbocycles. The molecule has 2 rings (SSSR count). The van der Waals surface area contributed by atoms with Crippen molar-refractivity contribution in [3.05, 3.63) is 29.6 Å². The van der Waals surface area contributed by atoms with Crippen molar-refractivity contribution in [3.8, 4) is 0 Å². The molecule has 1 aliphatic heterocycles. The van der Waals surface area contributed by atoms with Crippen molar-refractivity contribution < 1.29 is 17.6 Å². The molecule has 0 unspecified atom stereocenters. The number of nitrogens with one attached hydrogen (secondary N) is 1. The summed E-state index contributed by atoms with van der Waals surface area (Å²) in [5, 5.41) is 0. The second-order valence-corrected chi connectivity index (χ2v) is 6.66. The number of hydrogen-bond donors (Lipinski definition) is 1. The molecule has 0 aliphatic carbocycles. The highest BCUT2D eigenvalue weighted by atomic mass is 32.2. The van der Waals surface area contributed by atoms with E-state index in [1.807, 2.05) is 0 Å². The van der Waals surface area contributed by atoms with E-state index in [0.717, 1.165) is 6.07 Å². The third kappa shape index (κ3) is 2.99. The maximum absolute atomic E-state index is 13.7. The Kier molecular flexibility index (Phi) is 4.10. The van der Waals surface area contributed by atoms with Gasteiger partial charge in [-0.15, -0.1) is 0 Å². The van der Waals surface area contributed by atoms with Gasteiger partial charge in [0.2, 0.25) is 15.9 Å². The second kappa shape index (κ2) is 5.49. The van der Waals surface area contributed by atoms with Crippen molar-refractivity contribution >= 4 is 15.9 Å². The first-order valence-corrected chi connectivity index (χ1v) is 7.81. The molecule has 1 aromatic rings. The first-order chi connectivity index (χ1) is 9.31. The SMILES string of the molecule is Cc1cccc(F)c1S(=O)(=O)N[C@@H]1CCN(C)C(=O)C1. The Labute approximate surface area is 117 Å². The molecule has 0 saturated carbocycles.